The molecular weight excluding hydrogens is 234 g/mol. The molecule has 1 aromatic heterocycles. The Morgan fingerprint density at radius 2 is 1.95 bits per heavy atom. The van der Waals surface area contributed by atoms with Crippen LogP contribution < -0.4 is 10.2 Å². The first-order valence-electron chi connectivity index (χ1n) is 7.41. The highest BCUT2D eigenvalue weighted by atomic mass is 15.2. The van der Waals surface area contributed by atoms with E-state index in [-0.39, 0.29) is 0 Å². The van der Waals surface area contributed by atoms with Crippen LogP contribution >= 0.6 is 0 Å². The van der Waals surface area contributed by atoms with E-state index in [0.717, 1.165) is 24.1 Å². The lowest BCUT2D eigenvalue weighted by Gasteiger charge is -2.23. The van der Waals surface area contributed by atoms with Gasteiger partial charge >= 0.3 is 0 Å². The highest BCUT2D eigenvalue weighted by Crippen LogP contribution is 2.30. The van der Waals surface area contributed by atoms with Gasteiger partial charge in [-0.25, -0.2) is 0 Å². The van der Waals surface area contributed by atoms with Crippen LogP contribution in [0.4, 0.5) is 5.69 Å². The fourth-order valence-electron chi connectivity index (χ4n) is 2.64. The van der Waals surface area contributed by atoms with Gasteiger partial charge in [0.2, 0.25) is 0 Å². The molecule has 0 aromatic carbocycles. The minimum absolute atomic E-state index is 0.505. The van der Waals surface area contributed by atoms with Crippen molar-refractivity contribution in [2.24, 2.45) is 11.8 Å². The topological polar surface area (TPSA) is 28.2 Å². The molecule has 2 atom stereocenters. The molecule has 1 fully saturated rings. The van der Waals surface area contributed by atoms with Gasteiger partial charge in [0.15, 0.2) is 0 Å². The molecule has 1 aromatic rings. The maximum absolute atomic E-state index is 4.46. The number of nitrogens with zero attached hydrogens (tertiary/aromatic N) is 2. The van der Waals surface area contributed by atoms with Crippen LogP contribution in [0.1, 0.15) is 39.0 Å². The molecule has 2 heterocycles. The van der Waals surface area contributed by atoms with Crippen LogP contribution in [-0.4, -0.2) is 24.1 Å². The quantitative estimate of drug-likeness (QED) is 0.903. The molecule has 3 heteroatoms. The summed E-state index contributed by atoms with van der Waals surface area (Å²) in [6.07, 6.45) is 2.04. The summed E-state index contributed by atoms with van der Waals surface area (Å²) < 4.78 is 0. The van der Waals surface area contributed by atoms with Crippen molar-refractivity contribution in [3.05, 3.63) is 23.5 Å². The Morgan fingerprint density at radius 1 is 1.32 bits per heavy atom. The lowest BCUT2D eigenvalue weighted by molar-refractivity contribution is 0.494. The summed E-state index contributed by atoms with van der Waals surface area (Å²) in [6, 6.07) is 2.74. The number of aromatic nitrogens is 1. The molecule has 1 N–H and O–H groups in total. The minimum atomic E-state index is 0.505. The molecule has 2 unspecified atom stereocenters. The second-order valence-corrected chi connectivity index (χ2v) is 6.35. The molecule has 2 rings (SSSR count). The zero-order chi connectivity index (χ0) is 14.0. The van der Waals surface area contributed by atoms with E-state index in [1.54, 1.807) is 0 Å². The standard InChI is InChI=1S/C16H27N3/c1-11(2)17-7-15-8-18-14(5)6-16(15)19-9-12(3)13(4)10-19/h6,8,11-13,17H,7,9-10H2,1-5H3. The summed E-state index contributed by atoms with van der Waals surface area (Å²) in [5, 5.41) is 3.50. The van der Waals surface area contributed by atoms with Crippen molar-refractivity contribution in [3.8, 4) is 0 Å². The van der Waals surface area contributed by atoms with Gasteiger partial charge in [0.05, 0.1) is 0 Å². The fourth-order valence-corrected chi connectivity index (χ4v) is 2.64. The Labute approximate surface area is 117 Å². The predicted octanol–water partition coefficient (Wildman–Crippen LogP) is 2.98. The fraction of sp³-hybridized carbons (Fsp3) is 0.688. The first kappa shape index (κ1) is 14.3. The van der Waals surface area contributed by atoms with Crippen LogP contribution in [0.2, 0.25) is 0 Å². The third-order valence-electron chi connectivity index (χ3n) is 4.13. The van der Waals surface area contributed by atoms with E-state index >= 15 is 0 Å². The smallest absolute Gasteiger partial charge is 0.0445 e. The molecule has 19 heavy (non-hydrogen) atoms. The van der Waals surface area contributed by atoms with Gasteiger partial charge in [0.25, 0.3) is 0 Å². The zero-order valence-electron chi connectivity index (χ0n) is 12.9. The molecule has 106 valence electrons. The van der Waals surface area contributed by atoms with Gasteiger partial charge in [-0.2, -0.15) is 0 Å². The average molecular weight is 261 g/mol. The summed E-state index contributed by atoms with van der Waals surface area (Å²) in [7, 11) is 0. The van der Waals surface area contributed by atoms with Gasteiger partial charge in [0.1, 0.15) is 0 Å². The molecule has 1 aliphatic heterocycles. The van der Waals surface area contributed by atoms with Crippen molar-refractivity contribution in [1.29, 1.82) is 0 Å². The van der Waals surface area contributed by atoms with Crippen molar-refractivity contribution in [2.45, 2.75) is 47.2 Å². The Kier molecular flexibility index (Phi) is 4.46. The molecule has 0 saturated carbocycles. The van der Waals surface area contributed by atoms with E-state index in [1.807, 2.05) is 6.20 Å². The molecule has 1 aliphatic rings. The van der Waals surface area contributed by atoms with E-state index in [1.165, 1.54) is 24.3 Å². The first-order chi connectivity index (χ1) is 8.97. The molecule has 0 radical (unpaired) electrons. The summed E-state index contributed by atoms with van der Waals surface area (Å²) in [5.74, 6) is 1.55. The van der Waals surface area contributed by atoms with Gasteiger partial charge in [-0.3, -0.25) is 4.98 Å². The molecule has 0 aliphatic carbocycles. The van der Waals surface area contributed by atoms with Crippen LogP contribution in [0, 0.1) is 18.8 Å². The largest absolute Gasteiger partial charge is 0.371 e. The summed E-state index contributed by atoms with van der Waals surface area (Å²) in [4.78, 5) is 6.99. The number of hydrogen-bond acceptors (Lipinski definition) is 3. The van der Waals surface area contributed by atoms with Crippen molar-refractivity contribution in [1.82, 2.24) is 10.3 Å². The van der Waals surface area contributed by atoms with Gasteiger partial charge < -0.3 is 10.2 Å². The van der Waals surface area contributed by atoms with Crippen LogP contribution in [-0.2, 0) is 6.54 Å². The molecule has 0 spiro atoms. The maximum Gasteiger partial charge on any atom is 0.0445 e. The van der Waals surface area contributed by atoms with Crippen molar-refractivity contribution < 1.29 is 0 Å². The molecule has 1 saturated heterocycles. The summed E-state index contributed by atoms with van der Waals surface area (Å²) in [5.41, 5.74) is 3.80. The van der Waals surface area contributed by atoms with Crippen molar-refractivity contribution in [2.75, 3.05) is 18.0 Å². The number of hydrogen-bond donors (Lipinski definition) is 1. The summed E-state index contributed by atoms with van der Waals surface area (Å²) >= 11 is 0. The Bertz CT molecular complexity index is 418. The second kappa shape index (κ2) is 5.91. The SMILES string of the molecule is Cc1cc(N2CC(C)C(C)C2)c(CNC(C)C)cn1. The van der Waals surface area contributed by atoms with Gasteiger partial charge in [-0.05, 0) is 24.8 Å². The molecule has 0 amide bonds. The maximum atomic E-state index is 4.46. The number of aryl methyl sites for hydroxylation is 1. The monoisotopic (exact) mass is 261 g/mol. The first-order valence-corrected chi connectivity index (χ1v) is 7.41. The van der Waals surface area contributed by atoms with E-state index in [4.69, 9.17) is 0 Å². The highest BCUT2D eigenvalue weighted by molar-refractivity contribution is 5.54. The molecule has 0 bridgehead atoms. The van der Waals surface area contributed by atoms with Crippen LogP contribution in [0.25, 0.3) is 0 Å². The van der Waals surface area contributed by atoms with E-state index < -0.39 is 0 Å². The lowest BCUT2D eigenvalue weighted by atomic mass is 10.0. The zero-order valence-corrected chi connectivity index (χ0v) is 12.9. The van der Waals surface area contributed by atoms with Gasteiger partial charge in [-0.1, -0.05) is 27.7 Å². The predicted molar refractivity (Wildman–Crippen MR) is 81.5 cm³/mol. The Balaban J connectivity index is 2.20. The van der Waals surface area contributed by atoms with E-state index in [9.17, 15) is 0 Å². The molecular formula is C16H27N3. The Hall–Kier alpha value is -1.09. The molecule has 3 nitrogen and oxygen atoms in total. The number of rotatable bonds is 4. The van der Waals surface area contributed by atoms with Crippen molar-refractivity contribution >= 4 is 5.69 Å². The number of anilines is 1. The lowest BCUT2D eigenvalue weighted by Crippen LogP contribution is -2.26. The van der Waals surface area contributed by atoms with Crippen LogP contribution in [0.5, 0.6) is 0 Å². The average Bonchev–Trinajstić information content (AvgIpc) is 2.68. The third kappa shape index (κ3) is 3.47. The van der Waals surface area contributed by atoms with Gasteiger partial charge in [0, 0.05) is 48.8 Å². The Morgan fingerprint density at radius 3 is 2.53 bits per heavy atom. The minimum Gasteiger partial charge on any atom is -0.371 e. The highest BCUT2D eigenvalue weighted by Gasteiger charge is 2.27. The second-order valence-electron chi connectivity index (χ2n) is 6.35. The summed E-state index contributed by atoms with van der Waals surface area (Å²) in [6.45, 7) is 14.4. The van der Waals surface area contributed by atoms with Crippen molar-refractivity contribution in [3.63, 3.8) is 0 Å². The van der Waals surface area contributed by atoms with Gasteiger partial charge in [-0.15, -0.1) is 0 Å². The van der Waals surface area contributed by atoms with Crippen LogP contribution in [0.15, 0.2) is 12.3 Å². The van der Waals surface area contributed by atoms with E-state index in [0.29, 0.717) is 6.04 Å². The van der Waals surface area contributed by atoms with Crippen LogP contribution in [0.3, 0.4) is 0 Å². The van der Waals surface area contributed by atoms with E-state index in [2.05, 4.69) is 55.9 Å². The number of nitrogens with one attached hydrogen (secondary N) is 1. The normalized spacial score (nSPS) is 23.4. The third-order valence-corrected chi connectivity index (χ3v) is 4.13. The number of pyridine rings is 1.